The van der Waals surface area contributed by atoms with Crippen molar-refractivity contribution >= 4 is 27.7 Å². The van der Waals surface area contributed by atoms with E-state index in [9.17, 15) is 14.7 Å². The molecule has 0 amide bonds. The van der Waals surface area contributed by atoms with E-state index in [2.05, 4.69) is 15.9 Å². The lowest BCUT2D eigenvalue weighted by Gasteiger charge is -2.43. The molecule has 0 atom stereocenters. The second-order valence-corrected chi connectivity index (χ2v) is 8.92. The number of halogens is 1. The van der Waals surface area contributed by atoms with Crippen molar-refractivity contribution in [2.45, 2.75) is 69.8 Å². The van der Waals surface area contributed by atoms with Crippen LogP contribution in [0.1, 0.15) is 74.6 Å². The highest BCUT2D eigenvalue weighted by atomic mass is 79.9. The molecule has 5 heteroatoms. The third-order valence-electron chi connectivity index (χ3n) is 6.28. The highest BCUT2D eigenvalue weighted by Crippen LogP contribution is 2.43. The number of esters is 1. The zero-order chi connectivity index (χ0) is 19.3. The Morgan fingerprint density at radius 2 is 1.41 bits per heavy atom. The van der Waals surface area contributed by atoms with Gasteiger partial charge in [0.05, 0.1) is 0 Å². The molecule has 2 saturated carbocycles. The Hall–Kier alpha value is -1.20. The lowest BCUT2D eigenvalue weighted by molar-refractivity contribution is -0.183. The molecule has 1 aromatic carbocycles. The summed E-state index contributed by atoms with van der Waals surface area (Å²) in [7, 11) is 0. The number of ether oxygens (including phenoxy) is 1. The first-order chi connectivity index (χ1) is 13.0. The fraction of sp³-hybridized carbons (Fsp3) is 0.636. The van der Waals surface area contributed by atoms with Gasteiger partial charge >= 0.3 is 5.97 Å². The van der Waals surface area contributed by atoms with Gasteiger partial charge in [-0.25, -0.2) is 4.79 Å². The van der Waals surface area contributed by atoms with Gasteiger partial charge in [0.15, 0.2) is 18.0 Å². The largest absolute Gasteiger partial charge is 0.455 e. The van der Waals surface area contributed by atoms with Gasteiger partial charge in [-0.15, -0.1) is 0 Å². The molecule has 0 bridgehead atoms. The monoisotopic (exact) mass is 436 g/mol. The Morgan fingerprint density at radius 3 is 1.89 bits per heavy atom. The third-order valence-corrected chi connectivity index (χ3v) is 6.81. The van der Waals surface area contributed by atoms with Gasteiger partial charge in [-0.3, -0.25) is 4.79 Å². The molecule has 27 heavy (non-hydrogen) atoms. The number of carbonyl (C=O) groups is 2. The topological polar surface area (TPSA) is 63.6 Å². The maximum Gasteiger partial charge on any atom is 0.339 e. The number of carbonyl (C=O) groups excluding carboxylic acids is 2. The van der Waals surface area contributed by atoms with Crippen molar-refractivity contribution in [3.63, 3.8) is 0 Å². The number of ketones is 1. The summed E-state index contributed by atoms with van der Waals surface area (Å²) < 4.78 is 6.30. The van der Waals surface area contributed by atoms with Gasteiger partial charge in [0.1, 0.15) is 0 Å². The van der Waals surface area contributed by atoms with Crippen molar-refractivity contribution in [1.29, 1.82) is 0 Å². The lowest BCUT2D eigenvalue weighted by Crippen LogP contribution is -2.54. The molecule has 0 aromatic heterocycles. The highest BCUT2D eigenvalue weighted by molar-refractivity contribution is 9.10. The van der Waals surface area contributed by atoms with E-state index in [1.165, 1.54) is 0 Å². The van der Waals surface area contributed by atoms with E-state index in [1.54, 1.807) is 24.3 Å². The average molecular weight is 437 g/mol. The summed E-state index contributed by atoms with van der Waals surface area (Å²) >= 11 is 3.34. The summed E-state index contributed by atoms with van der Waals surface area (Å²) in [5.74, 6) is -0.938. The zero-order valence-electron chi connectivity index (χ0n) is 15.8. The van der Waals surface area contributed by atoms with Gasteiger partial charge in [0.2, 0.25) is 0 Å². The number of hydrogen-bond donors (Lipinski definition) is 1. The van der Waals surface area contributed by atoms with Crippen LogP contribution < -0.4 is 0 Å². The van der Waals surface area contributed by atoms with E-state index in [0.717, 1.165) is 68.7 Å². The minimum atomic E-state index is -1.44. The molecule has 0 unspecified atom stereocenters. The molecule has 0 radical (unpaired) electrons. The molecular weight excluding hydrogens is 408 g/mol. The minimum Gasteiger partial charge on any atom is -0.455 e. The molecule has 1 aromatic rings. The minimum absolute atomic E-state index is 0.0513. The average Bonchev–Trinajstić information content (AvgIpc) is 2.73. The molecule has 4 nitrogen and oxygen atoms in total. The van der Waals surface area contributed by atoms with Gasteiger partial charge in [0, 0.05) is 10.0 Å². The van der Waals surface area contributed by atoms with Crippen LogP contribution in [-0.2, 0) is 9.53 Å². The first kappa shape index (κ1) is 20.5. The Kier molecular flexibility index (Phi) is 7.10. The molecule has 2 aliphatic carbocycles. The van der Waals surface area contributed by atoms with Crippen LogP contribution in [0.4, 0.5) is 0 Å². The maximum atomic E-state index is 13.0. The molecule has 1 N–H and O–H groups in total. The molecule has 2 aliphatic rings. The van der Waals surface area contributed by atoms with Gasteiger partial charge in [-0.1, -0.05) is 66.6 Å². The zero-order valence-corrected chi connectivity index (χ0v) is 17.4. The van der Waals surface area contributed by atoms with E-state index < -0.39 is 11.6 Å². The number of aliphatic hydroxyl groups is 1. The van der Waals surface area contributed by atoms with Crippen molar-refractivity contribution in [2.24, 2.45) is 11.8 Å². The SMILES string of the molecule is O=C(COC(=O)C(O)(C1CCCCC1)C1CCCCC1)c1ccc(Br)cc1. The molecular formula is C22H29BrO4. The second-order valence-electron chi connectivity index (χ2n) is 8.00. The van der Waals surface area contributed by atoms with Crippen molar-refractivity contribution in [3.05, 3.63) is 34.3 Å². The summed E-state index contributed by atoms with van der Waals surface area (Å²) in [6.45, 7) is -0.317. The van der Waals surface area contributed by atoms with Crippen LogP contribution in [0, 0.1) is 11.8 Å². The van der Waals surface area contributed by atoms with Crippen molar-refractivity contribution in [3.8, 4) is 0 Å². The fourth-order valence-electron chi connectivity index (χ4n) is 4.72. The Balaban J connectivity index is 1.70. The summed E-state index contributed by atoms with van der Waals surface area (Å²) in [6.07, 6.45) is 9.96. The quantitative estimate of drug-likeness (QED) is 0.499. The van der Waals surface area contributed by atoms with Gasteiger partial charge in [0.25, 0.3) is 0 Å². The summed E-state index contributed by atoms with van der Waals surface area (Å²) in [5.41, 5.74) is -0.939. The van der Waals surface area contributed by atoms with Crippen molar-refractivity contribution in [2.75, 3.05) is 6.61 Å². The van der Waals surface area contributed by atoms with Gasteiger partial charge in [-0.05, 0) is 49.7 Å². The summed E-state index contributed by atoms with van der Waals surface area (Å²) in [5, 5.41) is 11.6. The molecule has 148 valence electrons. The van der Waals surface area contributed by atoms with Crippen LogP contribution >= 0.6 is 15.9 Å². The fourth-order valence-corrected chi connectivity index (χ4v) is 4.98. The number of rotatable bonds is 6. The van der Waals surface area contributed by atoms with E-state index in [4.69, 9.17) is 4.74 Å². The molecule has 0 aliphatic heterocycles. The number of hydrogen-bond acceptors (Lipinski definition) is 4. The summed E-state index contributed by atoms with van der Waals surface area (Å²) in [4.78, 5) is 25.4. The molecule has 3 rings (SSSR count). The normalized spacial score (nSPS) is 19.6. The van der Waals surface area contributed by atoms with E-state index in [-0.39, 0.29) is 24.2 Å². The predicted molar refractivity (Wildman–Crippen MR) is 108 cm³/mol. The van der Waals surface area contributed by atoms with Crippen LogP contribution in [-0.4, -0.2) is 29.1 Å². The van der Waals surface area contributed by atoms with Crippen LogP contribution in [0.25, 0.3) is 0 Å². The van der Waals surface area contributed by atoms with Crippen LogP contribution in [0.3, 0.4) is 0 Å². The Morgan fingerprint density at radius 1 is 0.926 bits per heavy atom. The number of benzene rings is 1. The van der Waals surface area contributed by atoms with Crippen LogP contribution in [0.5, 0.6) is 0 Å². The van der Waals surface area contributed by atoms with Crippen molar-refractivity contribution in [1.82, 2.24) is 0 Å². The maximum absolute atomic E-state index is 13.0. The van der Waals surface area contributed by atoms with Crippen LogP contribution in [0.15, 0.2) is 28.7 Å². The first-order valence-electron chi connectivity index (χ1n) is 10.2. The van der Waals surface area contributed by atoms with E-state index in [1.807, 2.05) is 0 Å². The smallest absolute Gasteiger partial charge is 0.339 e. The van der Waals surface area contributed by atoms with Gasteiger partial charge in [-0.2, -0.15) is 0 Å². The lowest BCUT2D eigenvalue weighted by atomic mass is 9.66. The molecule has 2 fully saturated rings. The highest BCUT2D eigenvalue weighted by Gasteiger charge is 2.51. The Labute approximate surface area is 169 Å². The molecule has 0 heterocycles. The second kappa shape index (κ2) is 9.33. The predicted octanol–water partition coefficient (Wildman–Crippen LogP) is 5.07. The van der Waals surface area contributed by atoms with E-state index in [0.29, 0.717) is 5.56 Å². The third kappa shape index (κ3) is 4.80. The van der Waals surface area contributed by atoms with E-state index >= 15 is 0 Å². The number of Topliss-reactive ketones (excluding diaryl/α,β-unsaturated/α-hetero) is 1. The van der Waals surface area contributed by atoms with Crippen LogP contribution in [0.2, 0.25) is 0 Å². The molecule has 0 saturated heterocycles. The first-order valence-corrected chi connectivity index (χ1v) is 11.0. The summed E-state index contributed by atoms with van der Waals surface area (Å²) in [6, 6.07) is 6.98. The van der Waals surface area contributed by atoms with Crippen molar-refractivity contribution < 1.29 is 19.4 Å². The van der Waals surface area contributed by atoms with Gasteiger partial charge < -0.3 is 9.84 Å². The Bertz CT molecular complexity index is 625. The standard InChI is InChI=1S/C22H29BrO4/c23-19-13-11-16(12-14-19)20(24)15-27-21(25)22(26,17-7-3-1-4-8-17)18-9-5-2-6-10-18/h11-14,17-18,26H,1-10,15H2. The molecule has 0 spiro atoms.